The summed E-state index contributed by atoms with van der Waals surface area (Å²) < 4.78 is 46.3. The van der Waals surface area contributed by atoms with E-state index in [-0.39, 0.29) is 48.3 Å². The van der Waals surface area contributed by atoms with Gasteiger partial charge < -0.3 is 19.7 Å². The number of alkyl halides is 3. The van der Waals surface area contributed by atoms with Crippen molar-refractivity contribution in [3.63, 3.8) is 0 Å². The minimum Gasteiger partial charge on any atom is -0.465 e. The molecule has 0 radical (unpaired) electrons. The molecule has 1 aliphatic rings. The van der Waals surface area contributed by atoms with Crippen LogP contribution in [0.5, 0.6) is 0 Å². The summed E-state index contributed by atoms with van der Waals surface area (Å²) in [5.74, 6) is -2.93. The van der Waals surface area contributed by atoms with E-state index in [0.29, 0.717) is 11.1 Å². The van der Waals surface area contributed by atoms with Gasteiger partial charge in [-0.1, -0.05) is 24.3 Å². The molecule has 0 bridgehead atoms. The minimum atomic E-state index is -4.51. The summed E-state index contributed by atoms with van der Waals surface area (Å²) in [6, 6.07) is 11.8. The van der Waals surface area contributed by atoms with E-state index in [1.54, 1.807) is 49.4 Å². The molecule has 0 spiro atoms. The number of aromatic nitrogens is 2. The fourth-order valence-corrected chi connectivity index (χ4v) is 5.11. The van der Waals surface area contributed by atoms with E-state index in [2.05, 4.69) is 15.3 Å². The van der Waals surface area contributed by atoms with Crippen molar-refractivity contribution in [2.45, 2.75) is 38.5 Å². The van der Waals surface area contributed by atoms with Crippen LogP contribution in [0.2, 0.25) is 0 Å². The van der Waals surface area contributed by atoms with Crippen molar-refractivity contribution in [2.24, 2.45) is 5.92 Å². The lowest BCUT2D eigenvalue weighted by Gasteiger charge is -2.39. The summed E-state index contributed by atoms with van der Waals surface area (Å²) >= 11 is 5.60. The molecule has 3 heterocycles. The Morgan fingerprint density at radius 3 is 2.60 bits per heavy atom. The number of H-pyrrole nitrogens is 1. The molecular weight excluding hydrogens is 575 g/mol. The number of hydrogen-bond donors (Lipinski definition) is 3. The highest BCUT2D eigenvalue weighted by atomic mass is 32.1. The van der Waals surface area contributed by atoms with Crippen LogP contribution in [0.15, 0.2) is 60.9 Å². The van der Waals surface area contributed by atoms with Gasteiger partial charge in [-0.3, -0.25) is 20.0 Å². The molecule has 1 fully saturated rings. The fraction of sp³-hybridized carbons (Fsp3) is 0.321. The number of rotatable bonds is 7. The Morgan fingerprint density at radius 1 is 1.19 bits per heavy atom. The molecule has 0 saturated carbocycles. The first kappa shape index (κ1) is 30.5. The van der Waals surface area contributed by atoms with Gasteiger partial charge in [-0.2, -0.15) is 13.2 Å². The maximum absolute atomic E-state index is 13.7. The second-order valence-corrected chi connectivity index (χ2v) is 9.86. The number of amides is 2. The number of carbonyl (C=O) groups excluding carboxylic acids is 2. The van der Waals surface area contributed by atoms with E-state index < -0.39 is 42.5 Å². The highest BCUT2D eigenvalue weighted by Crippen LogP contribution is 2.42. The monoisotopic (exact) mass is 603 g/mol. The summed E-state index contributed by atoms with van der Waals surface area (Å²) in [7, 11) is 0. The Morgan fingerprint density at radius 2 is 1.93 bits per heavy atom. The first-order valence-corrected chi connectivity index (χ1v) is 13.4. The number of aromatic amines is 1. The highest BCUT2D eigenvalue weighted by Gasteiger charge is 2.46. The van der Waals surface area contributed by atoms with Gasteiger partial charge in [-0.25, -0.2) is 9.59 Å². The Kier molecular flexibility index (Phi) is 9.45. The molecule has 1 aromatic carbocycles. The summed E-state index contributed by atoms with van der Waals surface area (Å²) in [6.07, 6.45) is -3.89. The van der Waals surface area contributed by atoms with Gasteiger partial charge in [0.15, 0.2) is 5.11 Å². The van der Waals surface area contributed by atoms with E-state index in [9.17, 15) is 32.7 Å². The molecule has 2 amide bonds. The van der Waals surface area contributed by atoms with Crippen molar-refractivity contribution in [3.8, 4) is 0 Å². The second-order valence-electron chi connectivity index (χ2n) is 9.47. The van der Waals surface area contributed by atoms with Crippen LogP contribution in [0.4, 0.5) is 23.7 Å². The molecule has 2 aromatic heterocycles. The van der Waals surface area contributed by atoms with Crippen molar-refractivity contribution in [3.05, 3.63) is 83.4 Å². The zero-order valence-corrected chi connectivity index (χ0v) is 23.2. The van der Waals surface area contributed by atoms with E-state index in [4.69, 9.17) is 17.0 Å². The Hall–Kier alpha value is -4.46. The lowest BCUT2D eigenvalue weighted by atomic mass is 9.87. The zero-order valence-electron chi connectivity index (χ0n) is 22.4. The summed E-state index contributed by atoms with van der Waals surface area (Å²) in [5, 5.41) is 12.3. The zero-order chi connectivity index (χ0) is 30.4. The minimum absolute atomic E-state index is 0.0283. The van der Waals surface area contributed by atoms with Crippen molar-refractivity contribution >= 4 is 41.0 Å². The van der Waals surface area contributed by atoms with Gasteiger partial charge in [0.05, 0.1) is 36.5 Å². The number of thiocarbonyl (C=S) groups is 1. The molecule has 10 nitrogen and oxygen atoms in total. The fourth-order valence-electron chi connectivity index (χ4n) is 4.85. The van der Waals surface area contributed by atoms with Crippen LogP contribution in [-0.4, -0.2) is 62.4 Å². The average molecular weight is 604 g/mol. The van der Waals surface area contributed by atoms with Gasteiger partial charge in [0.1, 0.15) is 5.69 Å². The molecule has 222 valence electrons. The number of esters is 1. The standard InChI is InChI=1S/C28H28F3N5O5S/c1-2-41-25(38)23-20(10-13-33-23)36(26(42)34-24(37)17-7-4-3-5-8-17)16-18-9-6-12-32-22(18)21-15-19(28(29,30)31)11-14-35(21)27(39)40/h3-10,12-13,19,21,33H,2,11,14-16H2,1H3,(H,39,40)(H,34,37,42). The summed E-state index contributed by atoms with van der Waals surface area (Å²) in [5.41, 5.74) is 1.04. The van der Waals surface area contributed by atoms with E-state index in [0.717, 1.165) is 4.90 Å². The molecule has 4 rings (SSSR count). The normalized spacial score (nSPS) is 16.9. The maximum Gasteiger partial charge on any atom is 0.407 e. The third-order valence-electron chi connectivity index (χ3n) is 6.88. The molecule has 3 N–H and O–H groups in total. The number of benzene rings is 1. The van der Waals surface area contributed by atoms with Crippen molar-refractivity contribution in [2.75, 3.05) is 18.1 Å². The van der Waals surface area contributed by atoms with Crippen LogP contribution in [-0.2, 0) is 11.3 Å². The number of piperidine rings is 1. The number of pyridine rings is 1. The van der Waals surface area contributed by atoms with Gasteiger partial charge in [-0.15, -0.1) is 0 Å². The molecule has 14 heteroatoms. The number of likely N-dealkylation sites (tertiary alicyclic amines) is 1. The summed E-state index contributed by atoms with van der Waals surface area (Å²) in [4.78, 5) is 47.2. The molecule has 2 unspecified atom stereocenters. The lowest BCUT2D eigenvalue weighted by Crippen LogP contribution is -2.45. The number of anilines is 1. The number of halogens is 3. The highest BCUT2D eigenvalue weighted by molar-refractivity contribution is 7.80. The predicted octanol–water partition coefficient (Wildman–Crippen LogP) is 5.30. The first-order chi connectivity index (χ1) is 20.0. The largest absolute Gasteiger partial charge is 0.465 e. The topological polar surface area (TPSA) is 128 Å². The quantitative estimate of drug-likeness (QED) is 0.245. The Bertz CT molecular complexity index is 1450. The molecule has 42 heavy (non-hydrogen) atoms. The molecule has 2 atom stereocenters. The van der Waals surface area contributed by atoms with Crippen molar-refractivity contribution in [1.29, 1.82) is 0 Å². The predicted molar refractivity (Wildman–Crippen MR) is 150 cm³/mol. The number of hydrogen-bond acceptors (Lipinski definition) is 6. The molecule has 3 aromatic rings. The van der Waals surface area contributed by atoms with Crippen LogP contribution < -0.4 is 10.2 Å². The maximum atomic E-state index is 13.7. The number of carboxylic acid groups (broad SMARTS) is 1. The lowest BCUT2D eigenvalue weighted by molar-refractivity contribution is -0.188. The third kappa shape index (κ3) is 6.87. The number of carbonyl (C=O) groups is 3. The van der Waals surface area contributed by atoms with Crippen LogP contribution in [0.25, 0.3) is 0 Å². The molecule has 0 aliphatic carbocycles. The number of nitrogens with zero attached hydrogens (tertiary/aromatic N) is 3. The van der Waals surface area contributed by atoms with Gasteiger partial charge in [-0.05, 0) is 61.8 Å². The van der Waals surface area contributed by atoms with Gasteiger partial charge >= 0.3 is 18.2 Å². The van der Waals surface area contributed by atoms with Gasteiger partial charge in [0, 0.05) is 24.5 Å². The smallest absolute Gasteiger partial charge is 0.407 e. The van der Waals surface area contributed by atoms with Crippen molar-refractivity contribution < 1.29 is 37.4 Å². The average Bonchev–Trinajstić information content (AvgIpc) is 3.45. The van der Waals surface area contributed by atoms with Crippen LogP contribution >= 0.6 is 12.2 Å². The van der Waals surface area contributed by atoms with Crippen LogP contribution in [0, 0.1) is 5.92 Å². The Balaban J connectivity index is 1.74. The molecule has 1 saturated heterocycles. The van der Waals surface area contributed by atoms with Crippen molar-refractivity contribution in [1.82, 2.24) is 20.2 Å². The van der Waals surface area contributed by atoms with Gasteiger partial charge in [0.2, 0.25) is 0 Å². The molecule has 1 aliphatic heterocycles. The van der Waals surface area contributed by atoms with Crippen LogP contribution in [0.3, 0.4) is 0 Å². The van der Waals surface area contributed by atoms with E-state index in [1.807, 2.05) is 0 Å². The van der Waals surface area contributed by atoms with E-state index >= 15 is 0 Å². The number of ether oxygens (including phenoxy) is 1. The van der Waals surface area contributed by atoms with Gasteiger partial charge in [0.25, 0.3) is 5.91 Å². The Labute approximate surface area is 244 Å². The SMILES string of the molecule is CCOC(=O)c1[nH]ccc1N(Cc1cccnc1C1CC(C(F)(F)F)CCN1C(=O)O)C(=S)NC(=O)c1ccccc1. The second kappa shape index (κ2) is 13.0. The summed E-state index contributed by atoms with van der Waals surface area (Å²) in [6.45, 7) is 1.24. The first-order valence-electron chi connectivity index (χ1n) is 13.0. The van der Waals surface area contributed by atoms with E-state index in [1.165, 1.54) is 23.4 Å². The molecular formula is C28H28F3N5O5S. The van der Waals surface area contributed by atoms with Crippen LogP contribution in [0.1, 0.15) is 57.9 Å². The number of nitrogens with one attached hydrogen (secondary N) is 2. The third-order valence-corrected chi connectivity index (χ3v) is 7.20.